The molecule has 1 aliphatic heterocycles. The van der Waals surface area contributed by atoms with Crippen molar-refractivity contribution in [3.63, 3.8) is 0 Å². The molecule has 0 bridgehead atoms. The van der Waals surface area contributed by atoms with Crippen LogP contribution in [0.15, 0.2) is 24.4 Å². The molecule has 0 aliphatic carbocycles. The number of carbonyl (C=O) groups excluding carboxylic acids is 1. The number of aryl methyl sites for hydroxylation is 2. The first-order valence-electron chi connectivity index (χ1n) is 9.39. The van der Waals surface area contributed by atoms with Crippen molar-refractivity contribution >= 4 is 16.8 Å². The summed E-state index contributed by atoms with van der Waals surface area (Å²) < 4.78 is 7.44. The lowest BCUT2D eigenvalue weighted by atomic mass is 9.79. The Morgan fingerprint density at radius 2 is 2.12 bits per heavy atom. The predicted molar refractivity (Wildman–Crippen MR) is 103 cm³/mol. The molecular formula is C20H30N4O2. The Balaban J connectivity index is 1.55. The fourth-order valence-corrected chi connectivity index (χ4v) is 3.87. The van der Waals surface area contributed by atoms with Crippen LogP contribution in [-0.2, 0) is 16.1 Å². The molecule has 2 aromatic rings. The average Bonchev–Trinajstić information content (AvgIpc) is 3.03. The van der Waals surface area contributed by atoms with E-state index in [4.69, 9.17) is 4.74 Å². The van der Waals surface area contributed by atoms with Crippen LogP contribution in [0.25, 0.3) is 10.9 Å². The van der Waals surface area contributed by atoms with E-state index < -0.39 is 0 Å². The minimum atomic E-state index is 0.0888. The fourth-order valence-electron chi connectivity index (χ4n) is 3.87. The molecule has 142 valence electrons. The number of rotatable bonds is 7. The highest BCUT2D eigenvalue weighted by Crippen LogP contribution is 2.30. The van der Waals surface area contributed by atoms with Crippen molar-refractivity contribution in [1.29, 1.82) is 0 Å². The molecule has 0 atom stereocenters. The van der Waals surface area contributed by atoms with Crippen molar-refractivity contribution in [2.24, 2.45) is 5.41 Å². The molecule has 2 heterocycles. The second-order valence-electron chi connectivity index (χ2n) is 7.75. The number of aromatic nitrogens is 2. The van der Waals surface area contributed by atoms with Crippen molar-refractivity contribution in [3.8, 4) is 0 Å². The summed E-state index contributed by atoms with van der Waals surface area (Å²) in [6.45, 7) is 5.93. The van der Waals surface area contributed by atoms with E-state index in [1.165, 1.54) is 5.56 Å². The van der Waals surface area contributed by atoms with E-state index in [9.17, 15) is 4.79 Å². The van der Waals surface area contributed by atoms with E-state index in [1.54, 1.807) is 0 Å². The van der Waals surface area contributed by atoms with Gasteiger partial charge in [-0.2, -0.15) is 5.10 Å². The first-order chi connectivity index (χ1) is 12.5. The first-order valence-corrected chi connectivity index (χ1v) is 9.39. The summed E-state index contributed by atoms with van der Waals surface area (Å²) in [6, 6.07) is 6.17. The monoisotopic (exact) mass is 358 g/mol. The van der Waals surface area contributed by atoms with Gasteiger partial charge in [0.05, 0.1) is 18.3 Å². The second-order valence-corrected chi connectivity index (χ2v) is 7.75. The maximum atomic E-state index is 12.4. The lowest BCUT2D eigenvalue weighted by Gasteiger charge is -2.39. The summed E-state index contributed by atoms with van der Waals surface area (Å²) in [5, 5.41) is 8.76. The smallest absolute Gasteiger partial charge is 0.221 e. The number of nitrogens with one attached hydrogen (secondary N) is 1. The first kappa shape index (κ1) is 18.9. The van der Waals surface area contributed by atoms with Crippen molar-refractivity contribution in [2.45, 2.75) is 32.7 Å². The van der Waals surface area contributed by atoms with Crippen LogP contribution in [0.2, 0.25) is 0 Å². The molecule has 1 saturated heterocycles. The predicted octanol–water partition coefficient (Wildman–Crippen LogP) is 2.21. The van der Waals surface area contributed by atoms with Gasteiger partial charge in [0.2, 0.25) is 5.91 Å². The quantitative estimate of drug-likeness (QED) is 0.824. The van der Waals surface area contributed by atoms with Gasteiger partial charge in [-0.1, -0.05) is 12.1 Å². The summed E-state index contributed by atoms with van der Waals surface area (Å²) in [5.74, 6) is 0.0888. The van der Waals surface area contributed by atoms with Crippen LogP contribution >= 0.6 is 0 Å². The molecule has 0 unspecified atom stereocenters. The number of hydrogen-bond donors (Lipinski definition) is 1. The Labute approximate surface area is 155 Å². The standard InChI is InChI=1S/C20H30N4O2/c1-16-5-4-6-18-17(16)13-22-24(18)10-7-19(25)21-14-20(15-23(2)3)8-11-26-12-9-20/h4-6,13H,7-12,14-15H2,1-3H3,(H,21,25). The highest BCUT2D eigenvalue weighted by Gasteiger charge is 2.33. The van der Waals surface area contributed by atoms with E-state index in [2.05, 4.69) is 48.5 Å². The number of amides is 1. The number of hydrogen-bond acceptors (Lipinski definition) is 4. The molecule has 0 radical (unpaired) electrons. The van der Waals surface area contributed by atoms with Gasteiger partial charge in [0, 0.05) is 43.5 Å². The van der Waals surface area contributed by atoms with Gasteiger partial charge >= 0.3 is 0 Å². The third-order valence-corrected chi connectivity index (χ3v) is 5.32. The van der Waals surface area contributed by atoms with Crippen LogP contribution in [0.3, 0.4) is 0 Å². The van der Waals surface area contributed by atoms with Crippen molar-refractivity contribution in [3.05, 3.63) is 30.0 Å². The summed E-state index contributed by atoms with van der Waals surface area (Å²) in [4.78, 5) is 14.6. The number of fused-ring (bicyclic) bond motifs is 1. The van der Waals surface area contributed by atoms with Gasteiger partial charge < -0.3 is 15.0 Å². The van der Waals surface area contributed by atoms with Gasteiger partial charge in [-0.15, -0.1) is 0 Å². The minimum Gasteiger partial charge on any atom is -0.381 e. The summed E-state index contributed by atoms with van der Waals surface area (Å²) in [6.07, 6.45) is 4.32. The average molecular weight is 358 g/mol. The maximum absolute atomic E-state index is 12.4. The summed E-state index contributed by atoms with van der Waals surface area (Å²) in [7, 11) is 4.17. The van der Waals surface area contributed by atoms with E-state index in [0.717, 1.165) is 43.5 Å². The zero-order chi connectivity index (χ0) is 18.6. The van der Waals surface area contributed by atoms with Crippen LogP contribution < -0.4 is 5.32 Å². The molecule has 26 heavy (non-hydrogen) atoms. The molecular weight excluding hydrogens is 328 g/mol. The molecule has 6 heteroatoms. The van der Waals surface area contributed by atoms with E-state index in [-0.39, 0.29) is 11.3 Å². The van der Waals surface area contributed by atoms with Crippen LogP contribution in [-0.4, -0.2) is 61.0 Å². The van der Waals surface area contributed by atoms with E-state index >= 15 is 0 Å². The normalized spacial score (nSPS) is 16.9. The number of ether oxygens (including phenoxy) is 1. The van der Waals surface area contributed by atoms with E-state index in [0.29, 0.717) is 19.5 Å². The van der Waals surface area contributed by atoms with Crippen LogP contribution in [0.4, 0.5) is 0 Å². The fraction of sp³-hybridized carbons (Fsp3) is 0.600. The Bertz CT molecular complexity index is 747. The third-order valence-electron chi connectivity index (χ3n) is 5.32. The molecule has 6 nitrogen and oxygen atoms in total. The zero-order valence-corrected chi connectivity index (χ0v) is 16.1. The lowest BCUT2D eigenvalue weighted by molar-refractivity contribution is -0.122. The zero-order valence-electron chi connectivity index (χ0n) is 16.1. The molecule has 0 saturated carbocycles. The van der Waals surface area contributed by atoms with Gasteiger partial charge in [-0.3, -0.25) is 9.48 Å². The summed E-state index contributed by atoms with van der Waals surface area (Å²) >= 11 is 0. The number of benzene rings is 1. The minimum absolute atomic E-state index is 0.0888. The highest BCUT2D eigenvalue weighted by atomic mass is 16.5. The maximum Gasteiger partial charge on any atom is 0.221 e. The van der Waals surface area contributed by atoms with Gasteiger partial charge in [-0.05, 0) is 45.5 Å². The molecule has 3 rings (SSSR count). The molecule has 1 aliphatic rings. The van der Waals surface area contributed by atoms with Gasteiger partial charge in [0.15, 0.2) is 0 Å². The lowest BCUT2D eigenvalue weighted by Crippen LogP contribution is -2.47. The van der Waals surface area contributed by atoms with Gasteiger partial charge in [-0.25, -0.2) is 0 Å². The Kier molecular flexibility index (Phi) is 5.94. The SMILES string of the molecule is Cc1cccc2c1cnn2CCC(=O)NCC1(CN(C)C)CCOCC1. The highest BCUT2D eigenvalue weighted by molar-refractivity contribution is 5.82. The largest absolute Gasteiger partial charge is 0.381 e. The van der Waals surface area contributed by atoms with Crippen molar-refractivity contribution < 1.29 is 9.53 Å². The molecule has 1 fully saturated rings. The molecule has 1 aromatic carbocycles. The van der Waals surface area contributed by atoms with E-state index in [1.807, 2.05) is 16.9 Å². The Morgan fingerprint density at radius 1 is 1.35 bits per heavy atom. The Morgan fingerprint density at radius 3 is 2.85 bits per heavy atom. The second kappa shape index (κ2) is 8.18. The molecule has 1 amide bonds. The van der Waals surface area contributed by atoms with Crippen molar-refractivity contribution in [1.82, 2.24) is 20.0 Å². The molecule has 1 N–H and O–H groups in total. The number of carbonyl (C=O) groups is 1. The van der Waals surface area contributed by atoms with Crippen LogP contribution in [0, 0.1) is 12.3 Å². The molecule has 0 spiro atoms. The number of nitrogens with zero attached hydrogens (tertiary/aromatic N) is 3. The van der Waals surface area contributed by atoms with Gasteiger partial charge in [0.1, 0.15) is 0 Å². The summed E-state index contributed by atoms with van der Waals surface area (Å²) in [5.41, 5.74) is 2.42. The van der Waals surface area contributed by atoms with Gasteiger partial charge in [0.25, 0.3) is 0 Å². The van der Waals surface area contributed by atoms with Crippen molar-refractivity contribution in [2.75, 3.05) is 40.4 Å². The van der Waals surface area contributed by atoms with Crippen LogP contribution in [0.1, 0.15) is 24.8 Å². The Hall–Kier alpha value is -1.92. The van der Waals surface area contributed by atoms with Crippen LogP contribution in [0.5, 0.6) is 0 Å². The topological polar surface area (TPSA) is 59.4 Å². The third kappa shape index (κ3) is 4.43. The molecule has 1 aromatic heterocycles.